The second-order valence-electron chi connectivity index (χ2n) is 8.84. The lowest BCUT2D eigenvalue weighted by Gasteiger charge is -2.19. The molecule has 0 atom stereocenters. The summed E-state index contributed by atoms with van der Waals surface area (Å²) in [6, 6.07) is 18.5. The van der Waals surface area contributed by atoms with Crippen molar-refractivity contribution in [2.75, 3.05) is 4.72 Å². The smallest absolute Gasteiger partial charge is 0.449 e. The largest absolute Gasteiger partial charge is 0.512 e. The fraction of sp³-hybridized carbons (Fsp3) is 0.160. The summed E-state index contributed by atoms with van der Waals surface area (Å²) in [6.07, 6.45) is -1.47. The average molecular weight is 499 g/mol. The molecular formula is C25H23ClN2O5S. The molecule has 0 bridgehead atoms. The molecule has 0 aliphatic carbocycles. The van der Waals surface area contributed by atoms with Gasteiger partial charge in [-0.05, 0) is 59.0 Å². The van der Waals surface area contributed by atoms with Gasteiger partial charge in [0.1, 0.15) is 0 Å². The van der Waals surface area contributed by atoms with E-state index in [9.17, 15) is 13.2 Å². The number of aromatic nitrogens is 1. The highest BCUT2D eigenvalue weighted by atomic mass is 35.5. The molecule has 0 saturated heterocycles. The van der Waals surface area contributed by atoms with Crippen LogP contribution in [0.4, 0.5) is 10.5 Å². The van der Waals surface area contributed by atoms with Crippen molar-refractivity contribution in [1.29, 1.82) is 0 Å². The van der Waals surface area contributed by atoms with Crippen LogP contribution in [0.3, 0.4) is 0 Å². The molecule has 0 aliphatic rings. The van der Waals surface area contributed by atoms with Crippen LogP contribution in [0.1, 0.15) is 26.3 Å². The van der Waals surface area contributed by atoms with E-state index in [1.54, 1.807) is 66.7 Å². The molecule has 34 heavy (non-hydrogen) atoms. The highest BCUT2D eigenvalue weighted by Crippen LogP contribution is 2.39. The number of H-pyrrole nitrogens is 1. The minimum atomic E-state index is -3.84. The lowest BCUT2D eigenvalue weighted by atomic mass is 9.87. The van der Waals surface area contributed by atoms with Gasteiger partial charge in [0.2, 0.25) is 5.88 Å². The van der Waals surface area contributed by atoms with Crippen molar-refractivity contribution in [2.24, 2.45) is 0 Å². The Morgan fingerprint density at radius 2 is 1.65 bits per heavy atom. The summed E-state index contributed by atoms with van der Waals surface area (Å²) in [5, 5.41) is 10.3. The van der Waals surface area contributed by atoms with Crippen molar-refractivity contribution in [3.8, 4) is 17.0 Å². The first-order valence-electron chi connectivity index (χ1n) is 10.4. The number of nitrogens with one attached hydrogen (secondary N) is 2. The predicted molar refractivity (Wildman–Crippen MR) is 133 cm³/mol. The van der Waals surface area contributed by atoms with Crippen LogP contribution in [-0.4, -0.2) is 24.7 Å². The lowest BCUT2D eigenvalue weighted by molar-refractivity contribution is 0.143. The number of sulfonamides is 1. The third-order valence-electron chi connectivity index (χ3n) is 5.37. The fourth-order valence-corrected chi connectivity index (χ4v) is 4.82. The van der Waals surface area contributed by atoms with Gasteiger partial charge in [-0.2, -0.15) is 0 Å². The Hall–Kier alpha value is -3.49. The summed E-state index contributed by atoms with van der Waals surface area (Å²) in [5.41, 5.74) is 2.97. The van der Waals surface area contributed by atoms with E-state index >= 15 is 0 Å². The highest BCUT2D eigenvalue weighted by molar-refractivity contribution is 7.92. The van der Waals surface area contributed by atoms with Gasteiger partial charge in [-0.15, -0.1) is 0 Å². The second kappa shape index (κ2) is 8.70. The third kappa shape index (κ3) is 4.88. The molecular weight excluding hydrogens is 476 g/mol. The van der Waals surface area contributed by atoms with Crippen LogP contribution in [0, 0.1) is 0 Å². The molecule has 0 saturated carbocycles. The molecule has 7 nitrogen and oxygen atoms in total. The van der Waals surface area contributed by atoms with Crippen LogP contribution in [0.15, 0.2) is 71.6 Å². The molecule has 176 valence electrons. The number of hydrogen-bond acceptors (Lipinski definition) is 4. The number of carboxylic acid groups (broad SMARTS) is 1. The van der Waals surface area contributed by atoms with Crippen molar-refractivity contribution in [3.05, 3.63) is 77.3 Å². The summed E-state index contributed by atoms with van der Waals surface area (Å²) in [7, 11) is -3.84. The normalized spacial score (nSPS) is 12.0. The maximum atomic E-state index is 13.0. The number of rotatable bonds is 5. The summed E-state index contributed by atoms with van der Waals surface area (Å²) >= 11 is 6.00. The molecule has 4 rings (SSSR count). The molecule has 0 amide bonds. The first kappa shape index (κ1) is 23.7. The zero-order valence-corrected chi connectivity index (χ0v) is 20.3. The van der Waals surface area contributed by atoms with Crippen molar-refractivity contribution in [3.63, 3.8) is 0 Å². The molecule has 9 heteroatoms. The summed E-state index contributed by atoms with van der Waals surface area (Å²) in [4.78, 5) is 14.3. The first-order chi connectivity index (χ1) is 15.9. The van der Waals surface area contributed by atoms with Gasteiger partial charge in [-0.25, -0.2) is 13.2 Å². The van der Waals surface area contributed by atoms with Crippen LogP contribution in [0.5, 0.6) is 5.88 Å². The standard InChI is InChI=1S/C25H23ClN2O5S/c1-25(2,3)16-6-11-19(12-7-16)34(31,32)28-18-10-13-21-20(14-18)22(23(27-21)33-24(29)30)15-4-8-17(26)9-5-15/h4-14,27-28H,1-3H3,(H,29,30). The molecule has 1 heterocycles. The minimum Gasteiger partial charge on any atom is -0.449 e. The number of benzene rings is 3. The average Bonchev–Trinajstić information content (AvgIpc) is 3.10. The van der Waals surface area contributed by atoms with Gasteiger partial charge in [0, 0.05) is 21.6 Å². The number of halogens is 1. The number of hydrogen-bond donors (Lipinski definition) is 3. The first-order valence-corrected chi connectivity index (χ1v) is 12.3. The zero-order chi connectivity index (χ0) is 24.7. The van der Waals surface area contributed by atoms with E-state index in [0.29, 0.717) is 32.7 Å². The number of anilines is 1. The van der Waals surface area contributed by atoms with E-state index in [0.717, 1.165) is 5.56 Å². The van der Waals surface area contributed by atoms with Gasteiger partial charge in [0.05, 0.1) is 10.5 Å². The summed E-state index contributed by atoms with van der Waals surface area (Å²) < 4.78 is 33.6. The molecule has 0 fully saturated rings. The van der Waals surface area contributed by atoms with Crippen LogP contribution in [0.2, 0.25) is 5.02 Å². The van der Waals surface area contributed by atoms with E-state index in [2.05, 4.69) is 30.5 Å². The number of aromatic amines is 1. The maximum Gasteiger partial charge on any atom is 0.512 e. The number of carbonyl (C=O) groups is 1. The quantitative estimate of drug-likeness (QED) is 0.267. The zero-order valence-electron chi connectivity index (χ0n) is 18.7. The van der Waals surface area contributed by atoms with E-state index in [1.807, 2.05) is 0 Å². The van der Waals surface area contributed by atoms with E-state index < -0.39 is 16.2 Å². The molecule has 0 aliphatic heterocycles. The molecule has 0 unspecified atom stereocenters. The van der Waals surface area contributed by atoms with E-state index in [1.165, 1.54) is 0 Å². The number of ether oxygens (including phenoxy) is 1. The molecule has 4 aromatic rings. The Kier molecular flexibility index (Phi) is 6.05. The molecule has 0 spiro atoms. The second-order valence-corrected chi connectivity index (χ2v) is 11.0. The Labute approximate surface area is 202 Å². The maximum absolute atomic E-state index is 13.0. The molecule has 0 radical (unpaired) electrons. The Morgan fingerprint density at radius 3 is 2.24 bits per heavy atom. The highest BCUT2D eigenvalue weighted by Gasteiger charge is 2.21. The van der Waals surface area contributed by atoms with Gasteiger partial charge < -0.3 is 14.8 Å². The van der Waals surface area contributed by atoms with Crippen LogP contribution in [-0.2, 0) is 15.4 Å². The third-order valence-corrected chi connectivity index (χ3v) is 7.02. The molecule has 3 N–H and O–H groups in total. The van der Waals surface area contributed by atoms with E-state index in [4.69, 9.17) is 21.4 Å². The van der Waals surface area contributed by atoms with Gasteiger partial charge >= 0.3 is 6.16 Å². The molecule has 1 aromatic heterocycles. The van der Waals surface area contributed by atoms with Crippen LogP contribution >= 0.6 is 11.6 Å². The molecule has 3 aromatic carbocycles. The summed E-state index contributed by atoms with van der Waals surface area (Å²) in [6.45, 7) is 6.17. The van der Waals surface area contributed by atoms with Gasteiger partial charge in [0.15, 0.2) is 0 Å². The van der Waals surface area contributed by atoms with Gasteiger partial charge in [-0.1, -0.05) is 56.6 Å². The lowest BCUT2D eigenvalue weighted by Crippen LogP contribution is -2.14. The Morgan fingerprint density at radius 1 is 1.00 bits per heavy atom. The SMILES string of the molecule is CC(C)(C)c1ccc(S(=O)(=O)Nc2ccc3[nH]c(OC(=O)O)c(-c4ccc(Cl)cc4)c3c2)cc1. The van der Waals surface area contributed by atoms with Gasteiger partial charge in [0.25, 0.3) is 10.0 Å². The van der Waals surface area contributed by atoms with Crippen molar-refractivity contribution in [1.82, 2.24) is 4.98 Å². The Balaban J connectivity index is 1.75. The van der Waals surface area contributed by atoms with Crippen LogP contribution in [0.25, 0.3) is 22.0 Å². The minimum absolute atomic E-state index is 0.0302. The summed E-state index contributed by atoms with van der Waals surface area (Å²) in [5.74, 6) is 0.0302. The number of fused-ring (bicyclic) bond motifs is 1. The topological polar surface area (TPSA) is 108 Å². The monoisotopic (exact) mass is 498 g/mol. The van der Waals surface area contributed by atoms with Crippen molar-refractivity contribution in [2.45, 2.75) is 31.1 Å². The van der Waals surface area contributed by atoms with Crippen molar-refractivity contribution < 1.29 is 23.1 Å². The van der Waals surface area contributed by atoms with E-state index in [-0.39, 0.29) is 16.2 Å². The van der Waals surface area contributed by atoms with Crippen molar-refractivity contribution >= 4 is 44.4 Å². The predicted octanol–water partition coefficient (Wildman–Crippen LogP) is 6.64. The fourth-order valence-electron chi connectivity index (χ4n) is 3.65. The van der Waals surface area contributed by atoms with Crippen LogP contribution < -0.4 is 9.46 Å². The Bertz CT molecular complexity index is 1470. The van der Waals surface area contributed by atoms with Gasteiger partial charge in [-0.3, -0.25) is 4.72 Å².